The zero-order valence-corrected chi connectivity index (χ0v) is 14.1. The summed E-state index contributed by atoms with van der Waals surface area (Å²) in [5.74, 6) is -1.27. The number of phenolic OH excluding ortho intramolecular Hbond substituents is 2. The summed E-state index contributed by atoms with van der Waals surface area (Å²) in [6.45, 7) is 1.93. The summed E-state index contributed by atoms with van der Waals surface area (Å²) in [7, 11) is 0. The third kappa shape index (κ3) is 3.10. The van der Waals surface area contributed by atoms with Gasteiger partial charge in [-0.2, -0.15) is 0 Å². The molecule has 0 spiro atoms. The smallest absolute Gasteiger partial charge is 0.336 e. The normalized spacial score (nSPS) is 11.0. The molecule has 2 aromatic carbocycles. The van der Waals surface area contributed by atoms with Gasteiger partial charge in [0.25, 0.3) is 0 Å². The molecule has 0 saturated carbocycles. The van der Waals surface area contributed by atoms with Crippen molar-refractivity contribution in [2.75, 3.05) is 0 Å². The molecule has 25 heavy (non-hydrogen) atoms. The van der Waals surface area contributed by atoms with Gasteiger partial charge in [0.1, 0.15) is 17.1 Å². The first-order valence-electron chi connectivity index (χ1n) is 7.74. The highest BCUT2D eigenvalue weighted by Gasteiger charge is 2.23. The first-order valence-corrected chi connectivity index (χ1v) is 8.12. The van der Waals surface area contributed by atoms with Crippen LogP contribution in [0.4, 0.5) is 0 Å². The summed E-state index contributed by atoms with van der Waals surface area (Å²) in [5, 5.41) is 21.1. The summed E-state index contributed by atoms with van der Waals surface area (Å²) < 4.78 is 5.18. The van der Waals surface area contributed by atoms with E-state index in [1.165, 1.54) is 12.1 Å². The lowest BCUT2D eigenvalue weighted by Crippen LogP contribution is -2.07. The third-order valence-corrected chi connectivity index (χ3v) is 4.12. The van der Waals surface area contributed by atoms with Gasteiger partial charge >= 0.3 is 5.63 Å². The van der Waals surface area contributed by atoms with E-state index < -0.39 is 17.2 Å². The minimum absolute atomic E-state index is 0.126. The molecule has 6 heteroatoms. The molecule has 1 heterocycles. The second-order valence-electron chi connectivity index (χ2n) is 5.67. The number of fused-ring (bicyclic) bond motifs is 1. The van der Waals surface area contributed by atoms with E-state index in [9.17, 15) is 19.8 Å². The molecule has 0 unspecified atom stereocenters. The Hall–Kier alpha value is -2.79. The number of ketones is 1. The number of rotatable bonds is 4. The zero-order chi connectivity index (χ0) is 18.1. The van der Waals surface area contributed by atoms with Crippen molar-refractivity contribution in [3.8, 4) is 11.5 Å². The second-order valence-corrected chi connectivity index (χ2v) is 6.11. The molecule has 0 saturated heterocycles. The van der Waals surface area contributed by atoms with E-state index in [0.29, 0.717) is 17.0 Å². The maximum Gasteiger partial charge on any atom is 0.336 e. The molecule has 1 aromatic heterocycles. The summed E-state index contributed by atoms with van der Waals surface area (Å²) in [4.78, 5) is 24.8. The fraction of sp³-hybridized carbons (Fsp3) is 0.158. The van der Waals surface area contributed by atoms with Crippen molar-refractivity contribution >= 4 is 28.4 Å². The van der Waals surface area contributed by atoms with Gasteiger partial charge in [-0.3, -0.25) is 4.79 Å². The number of carbonyl (C=O) groups excluding carboxylic acids is 1. The zero-order valence-electron chi connectivity index (χ0n) is 13.4. The van der Waals surface area contributed by atoms with Crippen LogP contribution in [-0.2, 0) is 6.42 Å². The topological polar surface area (TPSA) is 87.7 Å². The van der Waals surface area contributed by atoms with E-state index in [1.54, 1.807) is 18.2 Å². The summed E-state index contributed by atoms with van der Waals surface area (Å²) in [5.41, 5.74) is -0.158. The maximum atomic E-state index is 12.9. The molecule has 0 atom stereocenters. The van der Waals surface area contributed by atoms with Crippen LogP contribution >= 0.6 is 11.6 Å². The van der Waals surface area contributed by atoms with Crippen LogP contribution in [-0.4, -0.2) is 16.0 Å². The Bertz CT molecular complexity index is 1040. The Morgan fingerprint density at radius 1 is 1.16 bits per heavy atom. The van der Waals surface area contributed by atoms with Gasteiger partial charge in [-0.15, -0.1) is 0 Å². The quantitative estimate of drug-likeness (QED) is 0.542. The molecule has 0 bridgehead atoms. The predicted molar refractivity (Wildman–Crippen MR) is 94.7 cm³/mol. The summed E-state index contributed by atoms with van der Waals surface area (Å²) >= 11 is 5.92. The van der Waals surface area contributed by atoms with Crippen LogP contribution in [0.15, 0.2) is 45.6 Å². The lowest BCUT2D eigenvalue weighted by molar-refractivity contribution is 0.103. The SMILES string of the molecule is CCCc1cc(=O)oc2c(C(=O)c3cccc(Cl)c3)c(O)cc(O)c12. The van der Waals surface area contributed by atoms with E-state index in [2.05, 4.69) is 0 Å². The van der Waals surface area contributed by atoms with E-state index >= 15 is 0 Å². The molecule has 0 aliphatic rings. The Kier molecular flexibility index (Phi) is 4.51. The Morgan fingerprint density at radius 2 is 1.92 bits per heavy atom. The van der Waals surface area contributed by atoms with Gasteiger partial charge in [0.2, 0.25) is 5.78 Å². The van der Waals surface area contributed by atoms with Crippen molar-refractivity contribution in [2.45, 2.75) is 19.8 Å². The fourth-order valence-electron chi connectivity index (χ4n) is 2.85. The van der Waals surface area contributed by atoms with Crippen LogP contribution in [0.5, 0.6) is 11.5 Å². The summed E-state index contributed by atoms with van der Waals surface area (Å²) in [6.07, 6.45) is 1.25. The van der Waals surface area contributed by atoms with E-state index in [-0.39, 0.29) is 27.8 Å². The standard InChI is InChI=1S/C19H15ClO5/c1-2-4-10-8-15(23)25-19-16(10)13(21)9-14(22)17(19)18(24)11-5-3-6-12(20)7-11/h3,5-9,21-22H,2,4H2,1H3. The van der Waals surface area contributed by atoms with Crippen molar-refractivity contribution in [3.63, 3.8) is 0 Å². The highest BCUT2D eigenvalue weighted by molar-refractivity contribution is 6.31. The number of aryl methyl sites for hydroxylation is 1. The molecule has 3 rings (SSSR count). The number of aromatic hydroxyl groups is 2. The van der Waals surface area contributed by atoms with Gasteiger partial charge in [0.15, 0.2) is 5.58 Å². The van der Waals surface area contributed by atoms with E-state index in [4.69, 9.17) is 16.0 Å². The largest absolute Gasteiger partial charge is 0.507 e. The Morgan fingerprint density at radius 3 is 2.60 bits per heavy atom. The predicted octanol–water partition coefficient (Wildman–Crippen LogP) is 4.04. The third-order valence-electron chi connectivity index (χ3n) is 3.89. The van der Waals surface area contributed by atoms with Crippen molar-refractivity contribution in [1.29, 1.82) is 0 Å². The van der Waals surface area contributed by atoms with Crippen LogP contribution in [0, 0.1) is 0 Å². The molecule has 0 aliphatic carbocycles. The molecule has 3 aromatic rings. The highest BCUT2D eigenvalue weighted by Crippen LogP contribution is 2.37. The number of carbonyl (C=O) groups is 1. The molecule has 2 N–H and O–H groups in total. The fourth-order valence-corrected chi connectivity index (χ4v) is 3.04. The molecule has 0 radical (unpaired) electrons. The number of hydrogen-bond acceptors (Lipinski definition) is 5. The average molecular weight is 359 g/mol. The van der Waals surface area contributed by atoms with E-state index in [0.717, 1.165) is 12.5 Å². The minimum atomic E-state index is -0.652. The van der Waals surface area contributed by atoms with Gasteiger partial charge in [-0.25, -0.2) is 4.79 Å². The van der Waals surface area contributed by atoms with Gasteiger partial charge in [-0.1, -0.05) is 37.1 Å². The molecule has 5 nitrogen and oxygen atoms in total. The number of halogens is 1. The van der Waals surface area contributed by atoms with Crippen molar-refractivity contribution in [2.24, 2.45) is 0 Å². The van der Waals surface area contributed by atoms with Crippen molar-refractivity contribution in [3.05, 3.63) is 68.5 Å². The molecule has 0 amide bonds. The van der Waals surface area contributed by atoms with Gasteiger partial charge in [0.05, 0.1) is 5.39 Å². The lowest BCUT2D eigenvalue weighted by Gasteiger charge is -2.12. The Balaban J connectivity index is 2.35. The molecule has 128 valence electrons. The molecule has 0 aliphatic heterocycles. The van der Waals surface area contributed by atoms with Gasteiger partial charge in [-0.05, 0) is 24.1 Å². The first-order chi connectivity index (χ1) is 11.9. The van der Waals surface area contributed by atoms with Crippen molar-refractivity contribution < 1.29 is 19.4 Å². The van der Waals surface area contributed by atoms with Crippen LogP contribution in [0.2, 0.25) is 5.02 Å². The van der Waals surface area contributed by atoms with Crippen LogP contribution in [0.25, 0.3) is 11.0 Å². The second kappa shape index (κ2) is 6.61. The highest BCUT2D eigenvalue weighted by atomic mass is 35.5. The molecular formula is C19H15ClO5. The summed E-state index contributed by atoms with van der Waals surface area (Å²) in [6, 6.07) is 8.59. The number of hydrogen-bond donors (Lipinski definition) is 2. The van der Waals surface area contributed by atoms with Crippen LogP contribution in [0.3, 0.4) is 0 Å². The van der Waals surface area contributed by atoms with E-state index in [1.807, 2.05) is 6.92 Å². The number of benzene rings is 2. The molecular weight excluding hydrogens is 344 g/mol. The average Bonchev–Trinajstić information content (AvgIpc) is 2.54. The van der Waals surface area contributed by atoms with Crippen molar-refractivity contribution in [1.82, 2.24) is 0 Å². The van der Waals surface area contributed by atoms with Gasteiger partial charge in [0, 0.05) is 22.7 Å². The monoisotopic (exact) mass is 358 g/mol. The number of phenols is 2. The lowest BCUT2D eigenvalue weighted by atomic mass is 9.96. The first kappa shape index (κ1) is 17.0. The van der Waals surface area contributed by atoms with Gasteiger partial charge < -0.3 is 14.6 Å². The van der Waals surface area contributed by atoms with Crippen LogP contribution < -0.4 is 5.63 Å². The maximum absolute atomic E-state index is 12.9. The van der Waals surface area contributed by atoms with Crippen LogP contribution in [0.1, 0.15) is 34.8 Å². The minimum Gasteiger partial charge on any atom is -0.507 e. The molecule has 0 fully saturated rings. The Labute approximate surface area is 148 Å².